The lowest BCUT2D eigenvalue weighted by molar-refractivity contribution is -0.125. The van der Waals surface area contributed by atoms with Crippen molar-refractivity contribution in [3.05, 3.63) is 34.3 Å². The van der Waals surface area contributed by atoms with Gasteiger partial charge in [-0.1, -0.05) is 54.8 Å². The van der Waals surface area contributed by atoms with Gasteiger partial charge in [0, 0.05) is 10.4 Å². The van der Waals surface area contributed by atoms with E-state index in [1.807, 2.05) is 38.1 Å². The van der Waals surface area contributed by atoms with Crippen molar-refractivity contribution < 1.29 is 4.79 Å². The van der Waals surface area contributed by atoms with E-state index in [9.17, 15) is 4.79 Å². The summed E-state index contributed by atoms with van der Waals surface area (Å²) in [5.74, 6) is 0.252. The molecule has 18 heavy (non-hydrogen) atoms. The number of hydrogen-bond acceptors (Lipinski definition) is 1. The molecule has 2 unspecified atom stereocenters. The molecular weight excluding hydrogens is 290 g/mol. The highest BCUT2D eigenvalue weighted by Crippen LogP contribution is 2.17. The second-order valence-corrected chi connectivity index (χ2v) is 5.74. The molecule has 1 N–H and O–H groups in total. The first-order valence-electron chi connectivity index (χ1n) is 6.60. The molecule has 1 aromatic rings. The average molecular weight is 312 g/mol. The summed E-state index contributed by atoms with van der Waals surface area (Å²) < 4.78 is 1.06. The first-order valence-corrected chi connectivity index (χ1v) is 7.39. The third-order valence-corrected chi connectivity index (χ3v) is 3.70. The van der Waals surface area contributed by atoms with Gasteiger partial charge in [0.05, 0.1) is 6.04 Å². The Kier molecular flexibility index (Phi) is 6.41. The predicted molar refractivity (Wildman–Crippen MR) is 79.4 cm³/mol. The number of amides is 1. The molecule has 0 saturated heterocycles. The summed E-state index contributed by atoms with van der Waals surface area (Å²) in [7, 11) is 0. The number of halogens is 1. The number of benzene rings is 1. The normalized spacial score (nSPS) is 14.0. The van der Waals surface area contributed by atoms with Crippen LogP contribution < -0.4 is 5.32 Å². The lowest BCUT2D eigenvalue weighted by atomic mass is 10.0. The van der Waals surface area contributed by atoms with Crippen molar-refractivity contribution in [1.82, 2.24) is 5.32 Å². The Balaban J connectivity index is 2.51. The quantitative estimate of drug-likeness (QED) is 0.826. The minimum atomic E-state index is 0.0645. The zero-order valence-electron chi connectivity index (χ0n) is 11.4. The van der Waals surface area contributed by atoms with Crippen molar-refractivity contribution >= 4 is 21.8 Å². The molecule has 1 rings (SSSR count). The lowest BCUT2D eigenvalue weighted by Crippen LogP contribution is -2.31. The van der Waals surface area contributed by atoms with Crippen molar-refractivity contribution in [3.8, 4) is 0 Å². The fourth-order valence-electron chi connectivity index (χ4n) is 1.83. The van der Waals surface area contributed by atoms with Crippen LogP contribution in [0.5, 0.6) is 0 Å². The van der Waals surface area contributed by atoms with Crippen molar-refractivity contribution in [2.24, 2.45) is 5.92 Å². The molecule has 0 radical (unpaired) electrons. The molecule has 2 atom stereocenters. The van der Waals surface area contributed by atoms with E-state index in [0.717, 1.165) is 29.3 Å². The summed E-state index contributed by atoms with van der Waals surface area (Å²) >= 11 is 3.41. The van der Waals surface area contributed by atoms with Gasteiger partial charge in [-0.3, -0.25) is 4.79 Å². The summed E-state index contributed by atoms with van der Waals surface area (Å²) in [5, 5.41) is 3.07. The average Bonchev–Trinajstić information content (AvgIpc) is 2.36. The monoisotopic (exact) mass is 311 g/mol. The second kappa shape index (κ2) is 7.57. The molecule has 0 aromatic heterocycles. The summed E-state index contributed by atoms with van der Waals surface area (Å²) in [6.07, 6.45) is 3.22. The smallest absolute Gasteiger partial charge is 0.223 e. The Bertz CT molecular complexity index is 375. The Morgan fingerprint density at radius 1 is 1.28 bits per heavy atom. The van der Waals surface area contributed by atoms with Crippen LogP contribution in [0.15, 0.2) is 28.7 Å². The largest absolute Gasteiger partial charge is 0.349 e. The van der Waals surface area contributed by atoms with Crippen molar-refractivity contribution in [3.63, 3.8) is 0 Å². The SMILES string of the molecule is CCCCC(C)C(=O)NC(C)c1ccc(Br)cc1. The fraction of sp³-hybridized carbons (Fsp3) is 0.533. The Morgan fingerprint density at radius 2 is 1.89 bits per heavy atom. The van der Waals surface area contributed by atoms with Gasteiger partial charge in [0.15, 0.2) is 0 Å². The zero-order chi connectivity index (χ0) is 13.5. The number of rotatable bonds is 6. The molecule has 2 nitrogen and oxygen atoms in total. The minimum absolute atomic E-state index is 0.0645. The molecule has 0 saturated carbocycles. The van der Waals surface area contributed by atoms with Crippen LogP contribution in [-0.2, 0) is 4.79 Å². The maximum Gasteiger partial charge on any atom is 0.223 e. The first-order chi connectivity index (χ1) is 8.54. The third kappa shape index (κ3) is 4.81. The molecule has 0 spiro atoms. The van der Waals surface area contributed by atoms with Gasteiger partial charge in [0.1, 0.15) is 0 Å². The summed E-state index contributed by atoms with van der Waals surface area (Å²) in [6.45, 7) is 6.17. The Morgan fingerprint density at radius 3 is 2.44 bits per heavy atom. The maximum atomic E-state index is 12.0. The van der Waals surface area contributed by atoms with Gasteiger partial charge in [0.25, 0.3) is 0 Å². The highest BCUT2D eigenvalue weighted by Gasteiger charge is 2.15. The molecular formula is C15H22BrNO. The van der Waals surface area contributed by atoms with Gasteiger partial charge in [0.2, 0.25) is 5.91 Å². The standard InChI is InChI=1S/C15H22BrNO/c1-4-5-6-11(2)15(18)17-12(3)13-7-9-14(16)10-8-13/h7-12H,4-6H2,1-3H3,(H,17,18). The van der Waals surface area contributed by atoms with Gasteiger partial charge in [-0.2, -0.15) is 0 Å². The molecule has 0 heterocycles. The molecule has 1 aromatic carbocycles. The van der Waals surface area contributed by atoms with Crippen molar-refractivity contribution in [1.29, 1.82) is 0 Å². The van der Waals surface area contributed by atoms with E-state index in [-0.39, 0.29) is 17.9 Å². The van der Waals surface area contributed by atoms with Crippen LogP contribution in [-0.4, -0.2) is 5.91 Å². The third-order valence-electron chi connectivity index (χ3n) is 3.17. The molecule has 0 aliphatic heterocycles. The lowest BCUT2D eigenvalue weighted by Gasteiger charge is -2.18. The van der Waals surface area contributed by atoms with Crippen LogP contribution in [0.25, 0.3) is 0 Å². The number of hydrogen-bond donors (Lipinski definition) is 1. The van der Waals surface area contributed by atoms with Gasteiger partial charge in [-0.25, -0.2) is 0 Å². The summed E-state index contributed by atoms with van der Waals surface area (Å²) in [5.41, 5.74) is 1.13. The fourth-order valence-corrected chi connectivity index (χ4v) is 2.10. The highest BCUT2D eigenvalue weighted by molar-refractivity contribution is 9.10. The van der Waals surface area contributed by atoms with Gasteiger partial charge >= 0.3 is 0 Å². The Labute approximate surface area is 118 Å². The molecule has 0 aliphatic carbocycles. The number of carbonyl (C=O) groups excluding carboxylic acids is 1. The van der Waals surface area contributed by atoms with Crippen LogP contribution in [0.3, 0.4) is 0 Å². The molecule has 3 heteroatoms. The van der Waals surface area contributed by atoms with Crippen LogP contribution in [0, 0.1) is 5.92 Å². The van der Waals surface area contributed by atoms with E-state index < -0.39 is 0 Å². The molecule has 0 aliphatic rings. The number of carbonyl (C=O) groups is 1. The van der Waals surface area contributed by atoms with E-state index in [1.165, 1.54) is 0 Å². The van der Waals surface area contributed by atoms with Crippen molar-refractivity contribution in [2.75, 3.05) is 0 Å². The van der Waals surface area contributed by atoms with E-state index in [2.05, 4.69) is 28.2 Å². The highest BCUT2D eigenvalue weighted by atomic mass is 79.9. The van der Waals surface area contributed by atoms with E-state index in [1.54, 1.807) is 0 Å². The Hall–Kier alpha value is -0.830. The van der Waals surface area contributed by atoms with Crippen molar-refractivity contribution in [2.45, 2.75) is 46.1 Å². The summed E-state index contributed by atoms with van der Waals surface area (Å²) in [4.78, 5) is 12.0. The van der Waals surface area contributed by atoms with Gasteiger partial charge in [-0.05, 0) is 31.0 Å². The predicted octanol–water partition coefficient (Wildman–Crippen LogP) is 4.45. The molecule has 0 bridgehead atoms. The molecule has 1 amide bonds. The topological polar surface area (TPSA) is 29.1 Å². The van der Waals surface area contributed by atoms with E-state index >= 15 is 0 Å². The summed E-state index contributed by atoms with van der Waals surface area (Å²) in [6, 6.07) is 8.13. The molecule has 100 valence electrons. The minimum Gasteiger partial charge on any atom is -0.349 e. The van der Waals surface area contributed by atoms with E-state index in [4.69, 9.17) is 0 Å². The molecule has 0 fully saturated rings. The maximum absolute atomic E-state index is 12.0. The first kappa shape index (κ1) is 15.2. The van der Waals surface area contributed by atoms with Crippen LogP contribution in [0.2, 0.25) is 0 Å². The van der Waals surface area contributed by atoms with E-state index in [0.29, 0.717) is 0 Å². The van der Waals surface area contributed by atoms with Crippen LogP contribution >= 0.6 is 15.9 Å². The van der Waals surface area contributed by atoms with Crippen LogP contribution in [0.4, 0.5) is 0 Å². The van der Waals surface area contributed by atoms with Gasteiger partial charge in [-0.15, -0.1) is 0 Å². The second-order valence-electron chi connectivity index (χ2n) is 4.83. The zero-order valence-corrected chi connectivity index (χ0v) is 13.0. The number of unbranched alkanes of at least 4 members (excludes halogenated alkanes) is 1. The van der Waals surface area contributed by atoms with Crippen LogP contribution in [0.1, 0.15) is 51.6 Å². The van der Waals surface area contributed by atoms with Gasteiger partial charge < -0.3 is 5.32 Å². The number of nitrogens with one attached hydrogen (secondary N) is 1.